The zero-order valence-corrected chi connectivity index (χ0v) is 12.1. The van der Waals surface area contributed by atoms with E-state index in [-0.39, 0.29) is 17.9 Å². The van der Waals surface area contributed by atoms with Gasteiger partial charge in [-0.2, -0.15) is 0 Å². The van der Waals surface area contributed by atoms with Gasteiger partial charge in [0.2, 0.25) is 0 Å². The number of aromatic nitrogens is 3. The number of para-hydroxylation sites is 1. The highest BCUT2D eigenvalue weighted by atomic mass is 35.5. The molecule has 0 fully saturated rings. The number of rotatable bonds is 4. The average Bonchev–Trinajstić information content (AvgIpc) is 2.89. The number of aromatic carboxylic acids is 1. The lowest BCUT2D eigenvalue weighted by Gasteiger charge is -2.10. The van der Waals surface area contributed by atoms with E-state index in [4.69, 9.17) is 16.3 Å². The first-order chi connectivity index (χ1) is 10.2. The summed E-state index contributed by atoms with van der Waals surface area (Å²) in [6, 6.07) is 6.98. The van der Waals surface area contributed by atoms with Crippen LogP contribution in [0.15, 0.2) is 30.5 Å². The summed E-state index contributed by atoms with van der Waals surface area (Å²) in [5.41, 5.74) is 1.13. The summed E-state index contributed by atoms with van der Waals surface area (Å²) in [6.07, 6.45) is 1.39. The zero-order chi connectivity index (χ0) is 14.8. The molecule has 0 amide bonds. The van der Waals surface area contributed by atoms with Gasteiger partial charge in [0.15, 0.2) is 5.75 Å². The van der Waals surface area contributed by atoms with E-state index in [0.717, 1.165) is 11.5 Å². The molecule has 106 valence electrons. The van der Waals surface area contributed by atoms with Crippen LogP contribution < -0.4 is 4.74 Å². The molecular formula is C13H8ClN3O3S. The first-order valence-electron chi connectivity index (χ1n) is 5.87. The summed E-state index contributed by atoms with van der Waals surface area (Å²) < 4.78 is 9.61. The molecule has 0 atom stereocenters. The van der Waals surface area contributed by atoms with Gasteiger partial charge in [-0.3, -0.25) is 4.98 Å². The van der Waals surface area contributed by atoms with Crippen molar-refractivity contribution in [3.05, 3.63) is 46.1 Å². The summed E-state index contributed by atoms with van der Waals surface area (Å²) in [7, 11) is 0. The van der Waals surface area contributed by atoms with Crippen molar-refractivity contribution in [3.63, 3.8) is 0 Å². The van der Waals surface area contributed by atoms with Crippen molar-refractivity contribution in [1.82, 2.24) is 14.6 Å². The number of fused-ring (bicyclic) bond motifs is 1. The van der Waals surface area contributed by atoms with Crippen LogP contribution in [0.5, 0.6) is 5.75 Å². The maximum atomic E-state index is 11.5. The second-order valence-corrected chi connectivity index (χ2v) is 5.46. The van der Waals surface area contributed by atoms with Crippen LogP contribution in [0.1, 0.15) is 16.1 Å². The third-order valence-electron chi connectivity index (χ3n) is 2.83. The first-order valence-corrected chi connectivity index (χ1v) is 7.02. The molecule has 0 bridgehead atoms. The Hall–Kier alpha value is -2.25. The third-order valence-corrected chi connectivity index (χ3v) is 3.81. The van der Waals surface area contributed by atoms with Crippen LogP contribution in [0.3, 0.4) is 0 Å². The summed E-state index contributed by atoms with van der Waals surface area (Å²) in [4.78, 5) is 15.7. The molecule has 0 unspecified atom stereocenters. The minimum absolute atomic E-state index is 0.0373. The van der Waals surface area contributed by atoms with Crippen molar-refractivity contribution in [3.8, 4) is 5.75 Å². The van der Waals surface area contributed by atoms with Gasteiger partial charge in [-0.1, -0.05) is 34.3 Å². The van der Waals surface area contributed by atoms with Gasteiger partial charge in [0.25, 0.3) is 0 Å². The molecule has 0 saturated heterocycles. The van der Waals surface area contributed by atoms with Crippen LogP contribution in [0, 0.1) is 0 Å². The van der Waals surface area contributed by atoms with Crippen LogP contribution in [-0.4, -0.2) is 25.6 Å². The lowest BCUT2D eigenvalue weighted by Crippen LogP contribution is -2.05. The topological polar surface area (TPSA) is 85.2 Å². The van der Waals surface area contributed by atoms with E-state index in [0.29, 0.717) is 20.9 Å². The van der Waals surface area contributed by atoms with Crippen LogP contribution >= 0.6 is 23.1 Å². The van der Waals surface area contributed by atoms with Gasteiger partial charge < -0.3 is 9.84 Å². The standard InChI is InChI=1S/C13H8ClN3O3S/c14-12-9(16-17-21-12)6-20-10-5-15-8-4-2-1-3-7(8)11(10)13(18)19/h1-5H,6H2,(H,18,19). The van der Waals surface area contributed by atoms with Crippen molar-refractivity contribution in [2.24, 2.45) is 0 Å². The fourth-order valence-corrected chi connectivity index (χ4v) is 2.48. The van der Waals surface area contributed by atoms with Gasteiger partial charge in [0.05, 0.1) is 11.7 Å². The van der Waals surface area contributed by atoms with Gasteiger partial charge in [0.1, 0.15) is 22.2 Å². The number of carboxylic acid groups (broad SMARTS) is 1. The molecule has 0 saturated carbocycles. The number of benzene rings is 1. The highest BCUT2D eigenvalue weighted by Gasteiger charge is 2.17. The van der Waals surface area contributed by atoms with Crippen molar-refractivity contribution in [2.75, 3.05) is 0 Å². The quantitative estimate of drug-likeness (QED) is 0.795. The van der Waals surface area contributed by atoms with E-state index >= 15 is 0 Å². The first kappa shape index (κ1) is 13.7. The minimum Gasteiger partial charge on any atom is -0.485 e. The molecule has 3 aromatic rings. The molecule has 1 N–H and O–H groups in total. The molecule has 3 rings (SSSR count). The number of hydrogen-bond donors (Lipinski definition) is 1. The fourth-order valence-electron chi connectivity index (χ4n) is 1.88. The van der Waals surface area contributed by atoms with E-state index in [2.05, 4.69) is 14.6 Å². The van der Waals surface area contributed by atoms with Gasteiger partial charge in [0, 0.05) is 16.9 Å². The van der Waals surface area contributed by atoms with E-state index in [1.165, 1.54) is 6.20 Å². The SMILES string of the molecule is O=C(O)c1c(OCc2nnsc2Cl)cnc2ccccc12. The maximum Gasteiger partial charge on any atom is 0.340 e. The number of ether oxygens (including phenoxy) is 1. The monoisotopic (exact) mass is 321 g/mol. The lowest BCUT2D eigenvalue weighted by molar-refractivity contribution is 0.0694. The number of halogens is 1. The maximum absolute atomic E-state index is 11.5. The molecule has 0 aliphatic carbocycles. The van der Waals surface area contributed by atoms with Crippen LogP contribution in [0.4, 0.5) is 0 Å². The van der Waals surface area contributed by atoms with Crippen molar-refractivity contribution in [1.29, 1.82) is 0 Å². The van der Waals surface area contributed by atoms with Crippen LogP contribution in [-0.2, 0) is 6.61 Å². The van der Waals surface area contributed by atoms with E-state index in [1.54, 1.807) is 24.3 Å². The minimum atomic E-state index is -1.08. The van der Waals surface area contributed by atoms with E-state index < -0.39 is 5.97 Å². The highest BCUT2D eigenvalue weighted by Crippen LogP contribution is 2.27. The molecule has 0 radical (unpaired) electrons. The van der Waals surface area contributed by atoms with Gasteiger partial charge >= 0.3 is 5.97 Å². The van der Waals surface area contributed by atoms with Gasteiger partial charge in [-0.05, 0) is 6.07 Å². The number of hydrogen-bond acceptors (Lipinski definition) is 6. The van der Waals surface area contributed by atoms with E-state index in [9.17, 15) is 9.90 Å². The van der Waals surface area contributed by atoms with E-state index in [1.807, 2.05) is 0 Å². The van der Waals surface area contributed by atoms with Gasteiger partial charge in [-0.15, -0.1) is 5.10 Å². The Kier molecular flexibility index (Phi) is 3.68. The average molecular weight is 322 g/mol. The summed E-state index contributed by atoms with van der Waals surface area (Å²) in [6.45, 7) is 0.0373. The second-order valence-electron chi connectivity index (χ2n) is 4.10. The second kappa shape index (κ2) is 5.63. The van der Waals surface area contributed by atoms with Crippen molar-refractivity contribution >= 4 is 40.0 Å². The molecule has 0 spiro atoms. The van der Waals surface area contributed by atoms with Gasteiger partial charge in [-0.25, -0.2) is 4.79 Å². The Labute approximate surface area is 128 Å². The normalized spacial score (nSPS) is 10.7. The van der Waals surface area contributed by atoms with Crippen molar-refractivity contribution in [2.45, 2.75) is 6.61 Å². The van der Waals surface area contributed by atoms with Crippen molar-refractivity contribution < 1.29 is 14.6 Å². The van der Waals surface area contributed by atoms with Crippen LogP contribution in [0.2, 0.25) is 4.34 Å². The number of nitrogens with zero attached hydrogens (tertiary/aromatic N) is 3. The molecule has 0 aliphatic heterocycles. The smallest absolute Gasteiger partial charge is 0.340 e. The summed E-state index contributed by atoms with van der Waals surface area (Å²) in [5, 5.41) is 13.7. The predicted octanol–water partition coefficient (Wildman–Crippen LogP) is 3.02. The highest BCUT2D eigenvalue weighted by molar-refractivity contribution is 7.10. The number of carbonyl (C=O) groups is 1. The molecule has 2 heterocycles. The Balaban J connectivity index is 2.00. The Morgan fingerprint density at radius 1 is 1.38 bits per heavy atom. The lowest BCUT2D eigenvalue weighted by atomic mass is 10.1. The largest absolute Gasteiger partial charge is 0.485 e. The summed E-state index contributed by atoms with van der Waals surface area (Å²) in [5.74, 6) is -0.906. The summed E-state index contributed by atoms with van der Waals surface area (Å²) >= 11 is 6.93. The molecule has 6 nitrogen and oxygen atoms in total. The fraction of sp³-hybridized carbons (Fsp3) is 0.0769. The molecule has 0 aliphatic rings. The Morgan fingerprint density at radius 3 is 2.90 bits per heavy atom. The number of carboxylic acids is 1. The zero-order valence-electron chi connectivity index (χ0n) is 10.5. The molecule has 1 aromatic carbocycles. The predicted molar refractivity (Wildman–Crippen MR) is 78.0 cm³/mol. The molecule has 21 heavy (non-hydrogen) atoms. The third kappa shape index (κ3) is 2.65. The Morgan fingerprint density at radius 2 is 2.19 bits per heavy atom. The number of pyridine rings is 1. The molecule has 2 aromatic heterocycles. The molecule has 8 heteroatoms. The molecular weight excluding hydrogens is 314 g/mol. The Bertz CT molecular complexity index is 821. The van der Waals surface area contributed by atoms with Crippen LogP contribution in [0.25, 0.3) is 10.9 Å².